The molecule has 0 aliphatic heterocycles. The van der Waals surface area contributed by atoms with Crippen LogP contribution in [0.3, 0.4) is 0 Å². The number of nitrogens with zero attached hydrogens (tertiary/aromatic N) is 1. The Morgan fingerprint density at radius 2 is 1.88 bits per heavy atom. The molecule has 1 amide bonds. The zero-order valence-corrected chi connectivity index (χ0v) is 16.3. The van der Waals surface area contributed by atoms with E-state index in [4.69, 9.17) is 4.74 Å². The van der Waals surface area contributed by atoms with Crippen LogP contribution in [0.1, 0.15) is 37.7 Å². The molecule has 1 aromatic carbocycles. The highest BCUT2D eigenvalue weighted by Crippen LogP contribution is 2.36. The van der Waals surface area contributed by atoms with E-state index in [1.54, 1.807) is 19.9 Å². The number of thiazole rings is 1. The van der Waals surface area contributed by atoms with Gasteiger partial charge in [0.1, 0.15) is 9.88 Å². The van der Waals surface area contributed by atoms with Crippen LogP contribution in [-0.4, -0.2) is 23.5 Å². The molecule has 0 atom stereocenters. The second kappa shape index (κ2) is 7.80. The summed E-state index contributed by atoms with van der Waals surface area (Å²) in [6.07, 6.45) is 0. The number of hydrogen-bond donors (Lipinski definition) is 1. The van der Waals surface area contributed by atoms with Crippen molar-refractivity contribution in [1.82, 2.24) is 4.98 Å². The molecular weight excluding hydrogens is 368 g/mol. The second-order valence-corrected chi connectivity index (χ2v) is 7.80. The average Bonchev–Trinajstić information content (AvgIpc) is 3.19. The van der Waals surface area contributed by atoms with Crippen LogP contribution in [0.25, 0.3) is 10.4 Å². The Morgan fingerprint density at radius 3 is 2.50 bits per heavy atom. The Kier molecular flexibility index (Phi) is 5.49. The van der Waals surface area contributed by atoms with E-state index in [-0.39, 0.29) is 12.5 Å². The summed E-state index contributed by atoms with van der Waals surface area (Å²) in [6, 6.07) is 11.5. The van der Waals surface area contributed by atoms with Crippen molar-refractivity contribution < 1.29 is 14.3 Å². The Morgan fingerprint density at radius 1 is 1.15 bits per heavy atom. The number of carbonyl (C=O) groups excluding carboxylic acids is 2. The molecular formula is C19H18N2O3S2. The number of benzene rings is 1. The highest BCUT2D eigenvalue weighted by molar-refractivity contribution is 7.20. The van der Waals surface area contributed by atoms with Crippen molar-refractivity contribution in [2.24, 2.45) is 0 Å². The van der Waals surface area contributed by atoms with Crippen molar-refractivity contribution in [3.8, 4) is 10.4 Å². The van der Waals surface area contributed by atoms with Gasteiger partial charge in [0.25, 0.3) is 5.91 Å². The van der Waals surface area contributed by atoms with Crippen molar-refractivity contribution in [3.63, 3.8) is 0 Å². The van der Waals surface area contributed by atoms with Crippen LogP contribution in [0.2, 0.25) is 0 Å². The molecule has 0 radical (unpaired) electrons. The molecule has 3 aromatic rings. The van der Waals surface area contributed by atoms with Gasteiger partial charge in [0.15, 0.2) is 0 Å². The van der Waals surface area contributed by atoms with E-state index in [0.29, 0.717) is 21.1 Å². The molecule has 0 spiro atoms. The lowest BCUT2D eigenvalue weighted by Crippen LogP contribution is -2.14. The maximum absolute atomic E-state index is 12.6. The van der Waals surface area contributed by atoms with Gasteiger partial charge in [-0.1, -0.05) is 30.3 Å². The van der Waals surface area contributed by atoms with Crippen LogP contribution in [0.5, 0.6) is 0 Å². The van der Waals surface area contributed by atoms with Gasteiger partial charge in [-0.3, -0.25) is 4.79 Å². The van der Waals surface area contributed by atoms with Crippen molar-refractivity contribution in [1.29, 1.82) is 0 Å². The van der Waals surface area contributed by atoms with Crippen LogP contribution in [0.15, 0.2) is 36.4 Å². The third-order valence-electron chi connectivity index (χ3n) is 3.62. The summed E-state index contributed by atoms with van der Waals surface area (Å²) in [5, 5.41) is 4.17. The molecule has 0 saturated heterocycles. The van der Waals surface area contributed by atoms with E-state index in [2.05, 4.69) is 10.3 Å². The fourth-order valence-corrected chi connectivity index (χ4v) is 4.35. The average molecular weight is 386 g/mol. The summed E-state index contributed by atoms with van der Waals surface area (Å²) in [5.74, 6) is -0.710. The number of aromatic nitrogens is 1. The number of nitrogens with one attached hydrogen (secondary N) is 1. The quantitative estimate of drug-likeness (QED) is 0.632. The molecule has 0 saturated carbocycles. The van der Waals surface area contributed by atoms with Gasteiger partial charge in [-0.05, 0) is 32.4 Å². The standard InChI is InChI=1S/C19H18N2O3S2/c1-4-24-19(23)14-10-15(13-8-6-5-7-9-13)26-18(14)21-17(22)16-11(2)20-12(3)25-16/h5-10H,4H2,1-3H3,(H,21,22). The minimum atomic E-state index is -0.446. The largest absolute Gasteiger partial charge is 0.462 e. The minimum Gasteiger partial charge on any atom is -0.462 e. The van der Waals surface area contributed by atoms with Crippen LogP contribution in [-0.2, 0) is 4.74 Å². The Hall–Kier alpha value is -2.51. The molecule has 0 aliphatic rings. The zero-order chi connectivity index (χ0) is 18.7. The lowest BCUT2D eigenvalue weighted by molar-refractivity contribution is 0.0528. The van der Waals surface area contributed by atoms with Crippen LogP contribution in [0, 0.1) is 13.8 Å². The van der Waals surface area contributed by atoms with Gasteiger partial charge >= 0.3 is 5.97 Å². The molecule has 0 aliphatic carbocycles. The normalized spacial score (nSPS) is 10.6. The third kappa shape index (κ3) is 3.84. The summed E-state index contributed by atoms with van der Waals surface area (Å²) in [7, 11) is 0. The first kappa shape index (κ1) is 18.3. The molecule has 2 aromatic heterocycles. The molecule has 26 heavy (non-hydrogen) atoms. The zero-order valence-electron chi connectivity index (χ0n) is 14.7. The van der Waals surface area contributed by atoms with Crippen molar-refractivity contribution in [2.75, 3.05) is 11.9 Å². The van der Waals surface area contributed by atoms with Gasteiger partial charge < -0.3 is 10.1 Å². The maximum atomic E-state index is 12.6. The number of thiophene rings is 1. The maximum Gasteiger partial charge on any atom is 0.341 e. The third-order valence-corrected chi connectivity index (χ3v) is 5.79. The van der Waals surface area contributed by atoms with E-state index >= 15 is 0 Å². The number of ether oxygens (including phenoxy) is 1. The monoisotopic (exact) mass is 386 g/mol. The summed E-state index contributed by atoms with van der Waals surface area (Å²) in [4.78, 5) is 30.7. The SMILES string of the molecule is CCOC(=O)c1cc(-c2ccccc2)sc1NC(=O)c1sc(C)nc1C. The predicted octanol–water partition coefficient (Wildman–Crippen LogP) is 4.92. The Balaban J connectivity index is 1.96. The van der Waals surface area contributed by atoms with E-state index in [1.165, 1.54) is 22.7 Å². The van der Waals surface area contributed by atoms with E-state index in [0.717, 1.165) is 15.4 Å². The minimum absolute atomic E-state index is 0.264. The number of amides is 1. The van der Waals surface area contributed by atoms with Crippen LogP contribution >= 0.6 is 22.7 Å². The number of esters is 1. The number of hydrogen-bond acceptors (Lipinski definition) is 6. The van der Waals surface area contributed by atoms with Crippen molar-refractivity contribution >= 4 is 39.6 Å². The van der Waals surface area contributed by atoms with Gasteiger partial charge in [0.2, 0.25) is 0 Å². The summed E-state index contributed by atoms with van der Waals surface area (Å²) in [6.45, 7) is 5.69. The Bertz CT molecular complexity index is 945. The van der Waals surface area contributed by atoms with Gasteiger partial charge in [-0.15, -0.1) is 22.7 Å². The number of rotatable bonds is 5. The summed E-state index contributed by atoms with van der Waals surface area (Å²) < 4.78 is 5.14. The van der Waals surface area contributed by atoms with Crippen LogP contribution in [0.4, 0.5) is 5.00 Å². The van der Waals surface area contributed by atoms with E-state index in [1.807, 2.05) is 37.3 Å². The number of carbonyl (C=O) groups is 2. The fourth-order valence-electron chi connectivity index (χ4n) is 2.49. The Labute approximate surface area is 159 Å². The lowest BCUT2D eigenvalue weighted by atomic mass is 10.1. The van der Waals surface area contributed by atoms with Gasteiger partial charge in [-0.25, -0.2) is 9.78 Å². The molecule has 1 N–H and O–H groups in total. The van der Waals surface area contributed by atoms with Gasteiger partial charge in [-0.2, -0.15) is 0 Å². The summed E-state index contributed by atoms with van der Waals surface area (Å²) in [5.41, 5.74) is 2.03. The predicted molar refractivity (Wildman–Crippen MR) is 105 cm³/mol. The molecule has 2 heterocycles. The van der Waals surface area contributed by atoms with Gasteiger partial charge in [0, 0.05) is 4.88 Å². The lowest BCUT2D eigenvalue weighted by Gasteiger charge is -2.05. The number of aryl methyl sites for hydroxylation is 2. The molecule has 134 valence electrons. The smallest absolute Gasteiger partial charge is 0.341 e. The molecule has 0 unspecified atom stereocenters. The fraction of sp³-hybridized carbons (Fsp3) is 0.211. The molecule has 0 fully saturated rings. The van der Waals surface area contributed by atoms with Crippen molar-refractivity contribution in [3.05, 3.63) is 57.5 Å². The molecule has 7 heteroatoms. The van der Waals surface area contributed by atoms with Crippen molar-refractivity contribution in [2.45, 2.75) is 20.8 Å². The second-order valence-electron chi connectivity index (χ2n) is 5.54. The first-order chi connectivity index (χ1) is 12.5. The van der Waals surface area contributed by atoms with Crippen LogP contribution < -0.4 is 5.32 Å². The highest BCUT2D eigenvalue weighted by atomic mass is 32.1. The van der Waals surface area contributed by atoms with Gasteiger partial charge in [0.05, 0.1) is 22.9 Å². The highest BCUT2D eigenvalue weighted by Gasteiger charge is 2.22. The topological polar surface area (TPSA) is 68.3 Å². The summed E-state index contributed by atoms with van der Waals surface area (Å²) >= 11 is 2.69. The molecule has 5 nitrogen and oxygen atoms in total. The number of anilines is 1. The van der Waals surface area contributed by atoms with E-state index < -0.39 is 5.97 Å². The first-order valence-electron chi connectivity index (χ1n) is 8.11. The first-order valence-corrected chi connectivity index (χ1v) is 9.74. The van der Waals surface area contributed by atoms with E-state index in [9.17, 15) is 9.59 Å². The molecule has 0 bridgehead atoms. The molecule has 3 rings (SSSR count).